The molecule has 0 aliphatic carbocycles. The van der Waals surface area contributed by atoms with Gasteiger partial charge in [-0.05, 0) is 38.0 Å². The van der Waals surface area contributed by atoms with Crippen molar-refractivity contribution < 1.29 is 26.4 Å². The van der Waals surface area contributed by atoms with Crippen molar-refractivity contribution in [2.45, 2.75) is 37.3 Å². The number of carbonyl (C=O) groups is 1. The van der Waals surface area contributed by atoms with E-state index in [-0.39, 0.29) is 40.6 Å². The van der Waals surface area contributed by atoms with Gasteiger partial charge in [0.25, 0.3) is 10.0 Å². The molecule has 31 heavy (non-hydrogen) atoms. The number of hydrogen-bond donors (Lipinski definition) is 0. The first-order valence-electron chi connectivity index (χ1n) is 9.69. The molecule has 0 N–H and O–H groups in total. The molecule has 0 atom stereocenters. The normalized spacial score (nSPS) is 12.3. The lowest BCUT2D eigenvalue weighted by molar-refractivity contribution is -0.135. The molecule has 0 spiro atoms. The van der Waals surface area contributed by atoms with Gasteiger partial charge in [0.05, 0.1) is 10.5 Å². The summed E-state index contributed by atoms with van der Waals surface area (Å²) in [6.07, 6.45) is -5.49. The fourth-order valence-corrected chi connectivity index (χ4v) is 6.30. The number of fused-ring (bicyclic) bond motifs is 1. The van der Waals surface area contributed by atoms with Crippen LogP contribution < -0.4 is 9.77 Å². The van der Waals surface area contributed by atoms with Crippen LogP contribution in [0.25, 0.3) is 10.1 Å². The Kier molecular flexibility index (Phi) is 6.81. The molecule has 0 aliphatic heterocycles. The molecule has 0 fully saturated rings. The highest BCUT2D eigenvalue weighted by molar-refractivity contribution is 7.93. The van der Waals surface area contributed by atoms with Gasteiger partial charge in [0.2, 0.25) is 0 Å². The summed E-state index contributed by atoms with van der Waals surface area (Å²) in [6.45, 7) is 1.21. The summed E-state index contributed by atoms with van der Waals surface area (Å²) in [5, 5.41) is 0.871. The minimum Gasteiger partial charge on any atom is -0.294 e. The van der Waals surface area contributed by atoms with Crippen LogP contribution >= 0.6 is 11.3 Å². The van der Waals surface area contributed by atoms with E-state index in [9.17, 15) is 26.4 Å². The van der Waals surface area contributed by atoms with Crippen LogP contribution in [0.3, 0.4) is 0 Å². The van der Waals surface area contributed by atoms with Crippen molar-refractivity contribution in [3.05, 3.63) is 54.1 Å². The van der Waals surface area contributed by atoms with E-state index in [4.69, 9.17) is 0 Å². The summed E-state index contributed by atoms with van der Waals surface area (Å²) in [4.78, 5) is 12.5. The standard InChI is InChI=1S/C21H21BF3NO3S2/c1-14(27)19-17-6-2-3-7-18(17)30-20(19)26(13-5-4-12-21(23,24)25)31(28,29)16-10-8-15(22)9-11-16/h2-3,6-11H,4-5,12-13,22H2,1H3. The quantitative estimate of drug-likeness (QED) is 0.282. The van der Waals surface area contributed by atoms with Gasteiger partial charge < -0.3 is 0 Å². The number of rotatable bonds is 8. The SMILES string of the molecule is Bc1ccc(S(=O)(=O)N(CCCCC(F)(F)F)c2sc3ccccc3c2C(C)=O)cc1. The molecule has 1 heterocycles. The van der Waals surface area contributed by atoms with Crippen molar-refractivity contribution >= 4 is 55.5 Å². The largest absolute Gasteiger partial charge is 0.389 e. The Morgan fingerprint density at radius 2 is 1.71 bits per heavy atom. The van der Waals surface area contributed by atoms with Gasteiger partial charge in [-0.3, -0.25) is 9.10 Å². The highest BCUT2D eigenvalue weighted by atomic mass is 32.2. The molecule has 0 aliphatic rings. The molecule has 0 saturated carbocycles. The van der Waals surface area contributed by atoms with Gasteiger partial charge in [0.15, 0.2) is 5.78 Å². The number of benzene rings is 2. The van der Waals surface area contributed by atoms with Crippen molar-refractivity contribution in [1.82, 2.24) is 0 Å². The zero-order chi connectivity index (χ0) is 22.8. The molecule has 164 valence electrons. The first-order chi connectivity index (χ1) is 14.5. The highest BCUT2D eigenvalue weighted by Crippen LogP contribution is 2.41. The Hall–Kier alpha value is -2.33. The fraction of sp³-hybridized carbons (Fsp3) is 0.286. The zero-order valence-electron chi connectivity index (χ0n) is 17.1. The molecule has 3 rings (SSSR count). The number of hydrogen-bond acceptors (Lipinski definition) is 4. The van der Waals surface area contributed by atoms with Crippen LogP contribution in [0.1, 0.15) is 36.5 Å². The fourth-order valence-electron chi connectivity index (χ4n) is 3.30. The third-order valence-corrected chi connectivity index (χ3v) is 7.96. The topological polar surface area (TPSA) is 54.5 Å². The highest BCUT2D eigenvalue weighted by Gasteiger charge is 2.31. The first kappa shape index (κ1) is 23.3. The first-order valence-corrected chi connectivity index (χ1v) is 11.9. The number of Topliss-reactive ketones (excluding diaryl/α,β-unsaturated/α-hetero) is 1. The van der Waals surface area contributed by atoms with Gasteiger partial charge in [-0.2, -0.15) is 13.2 Å². The van der Waals surface area contributed by atoms with Crippen molar-refractivity contribution in [1.29, 1.82) is 0 Å². The lowest BCUT2D eigenvalue weighted by atomic mass is 9.97. The van der Waals surface area contributed by atoms with Crippen LogP contribution in [0, 0.1) is 0 Å². The smallest absolute Gasteiger partial charge is 0.294 e. The van der Waals surface area contributed by atoms with Crippen LogP contribution in [0.15, 0.2) is 53.4 Å². The van der Waals surface area contributed by atoms with Crippen molar-refractivity contribution in [2.24, 2.45) is 0 Å². The van der Waals surface area contributed by atoms with Crippen LogP contribution in [0.2, 0.25) is 0 Å². The second-order valence-corrected chi connectivity index (χ2v) is 10.2. The summed E-state index contributed by atoms with van der Waals surface area (Å²) in [7, 11) is -2.26. The third-order valence-electron chi connectivity index (χ3n) is 4.84. The van der Waals surface area contributed by atoms with Gasteiger partial charge in [-0.25, -0.2) is 8.42 Å². The van der Waals surface area contributed by atoms with Crippen LogP contribution in [0.5, 0.6) is 0 Å². The summed E-state index contributed by atoms with van der Waals surface area (Å²) < 4.78 is 66.5. The molecule has 0 unspecified atom stereocenters. The maximum absolute atomic E-state index is 13.5. The van der Waals surface area contributed by atoms with E-state index in [1.807, 2.05) is 7.85 Å². The average molecular weight is 467 g/mol. The van der Waals surface area contributed by atoms with Crippen molar-refractivity contribution in [3.8, 4) is 0 Å². The predicted octanol–water partition coefficient (Wildman–Crippen LogP) is 4.29. The van der Waals surface area contributed by atoms with E-state index in [2.05, 4.69) is 0 Å². The maximum atomic E-state index is 13.5. The van der Waals surface area contributed by atoms with Gasteiger partial charge in [-0.15, -0.1) is 11.3 Å². The van der Waals surface area contributed by atoms with Crippen molar-refractivity contribution in [3.63, 3.8) is 0 Å². The third kappa shape index (κ3) is 5.30. The number of halogens is 3. The Morgan fingerprint density at radius 1 is 1.06 bits per heavy atom. The molecule has 0 radical (unpaired) electrons. The Bertz CT molecular complexity index is 1190. The minimum atomic E-state index is -4.30. The summed E-state index contributed by atoms with van der Waals surface area (Å²) in [6, 6.07) is 13.3. The van der Waals surface area contributed by atoms with E-state index in [0.717, 1.165) is 25.8 Å². The van der Waals surface area contributed by atoms with E-state index in [0.29, 0.717) is 5.39 Å². The number of anilines is 1. The van der Waals surface area contributed by atoms with Crippen LogP contribution in [-0.4, -0.2) is 34.8 Å². The number of unbranched alkanes of at least 4 members (excludes halogenated alkanes) is 1. The van der Waals surface area contributed by atoms with Gasteiger partial charge >= 0.3 is 6.18 Å². The molecular formula is C21H21BF3NO3S2. The summed E-state index contributed by atoms with van der Waals surface area (Å²) in [5.74, 6) is -0.299. The second kappa shape index (κ2) is 9.04. The van der Waals surface area contributed by atoms with Crippen LogP contribution in [-0.2, 0) is 10.0 Å². The number of sulfonamides is 1. The molecule has 0 amide bonds. The van der Waals surface area contributed by atoms with E-state index in [1.54, 1.807) is 36.4 Å². The summed E-state index contributed by atoms with van der Waals surface area (Å²) >= 11 is 1.15. The number of thiophene rings is 1. The van der Waals surface area contributed by atoms with E-state index in [1.165, 1.54) is 19.1 Å². The molecule has 0 saturated heterocycles. The molecule has 4 nitrogen and oxygen atoms in total. The van der Waals surface area contributed by atoms with Gasteiger partial charge in [-0.1, -0.05) is 35.8 Å². The zero-order valence-corrected chi connectivity index (χ0v) is 18.7. The van der Waals surface area contributed by atoms with Crippen molar-refractivity contribution in [2.75, 3.05) is 10.8 Å². The molecule has 2 aromatic carbocycles. The number of nitrogens with zero attached hydrogens (tertiary/aromatic N) is 1. The minimum absolute atomic E-state index is 0.0101. The second-order valence-electron chi connectivity index (χ2n) is 7.30. The number of carbonyl (C=O) groups excluding carboxylic acids is 1. The molecule has 10 heteroatoms. The van der Waals surface area contributed by atoms with Crippen LogP contribution in [0.4, 0.5) is 18.2 Å². The lowest BCUT2D eigenvalue weighted by Crippen LogP contribution is -2.32. The number of ketones is 1. The van der Waals surface area contributed by atoms with E-state index >= 15 is 0 Å². The Balaban J connectivity index is 2.08. The van der Waals surface area contributed by atoms with E-state index < -0.39 is 22.6 Å². The molecule has 3 aromatic rings. The molecule has 1 aromatic heterocycles. The average Bonchev–Trinajstić information content (AvgIpc) is 3.06. The monoisotopic (exact) mass is 467 g/mol. The lowest BCUT2D eigenvalue weighted by Gasteiger charge is -2.24. The Morgan fingerprint density at radius 3 is 2.32 bits per heavy atom. The Labute approximate surface area is 184 Å². The maximum Gasteiger partial charge on any atom is 0.389 e. The number of alkyl halides is 3. The van der Waals surface area contributed by atoms with Gasteiger partial charge in [0, 0.05) is 23.1 Å². The predicted molar refractivity (Wildman–Crippen MR) is 121 cm³/mol. The van der Waals surface area contributed by atoms with Gasteiger partial charge in [0.1, 0.15) is 12.8 Å². The molecule has 0 bridgehead atoms. The summed E-state index contributed by atoms with van der Waals surface area (Å²) in [5.41, 5.74) is 1.15. The molecular weight excluding hydrogens is 446 g/mol.